The number of amides is 1. The van der Waals surface area contributed by atoms with Gasteiger partial charge in [-0.05, 0) is 42.8 Å². The number of halogens is 1. The molecule has 1 aromatic carbocycles. The van der Waals surface area contributed by atoms with Crippen LogP contribution in [0.25, 0.3) is 0 Å². The molecule has 1 amide bonds. The zero-order valence-corrected chi connectivity index (χ0v) is 15.2. The van der Waals surface area contributed by atoms with Gasteiger partial charge in [0.15, 0.2) is 0 Å². The van der Waals surface area contributed by atoms with Gasteiger partial charge in [0.2, 0.25) is 5.91 Å². The van der Waals surface area contributed by atoms with Crippen LogP contribution in [0.2, 0.25) is 0 Å². The van der Waals surface area contributed by atoms with Crippen molar-refractivity contribution in [2.24, 2.45) is 0 Å². The summed E-state index contributed by atoms with van der Waals surface area (Å²) in [5, 5.41) is 17.9. The summed E-state index contributed by atoms with van der Waals surface area (Å²) in [4.78, 5) is 22.8. The van der Waals surface area contributed by atoms with Crippen molar-refractivity contribution in [1.29, 1.82) is 0 Å². The number of carbonyl (C=O) groups is 1. The molecule has 0 radical (unpaired) electrons. The molecule has 0 bridgehead atoms. The fraction of sp³-hybridized carbons (Fsp3) is 0.333. The molecule has 1 atom stereocenters. The van der Waals surface area contributed by atoms with Crippen LogP contribution in [-0.4, -0.2) is 27.7 Å². The predicted octanol–water partition coefficient (Wildman–Crippen LogP) is 3.38. The highest BCUT2D eigenvalue weighted by atomic mass is 79.9. The van der Waals surface area contributed by atoms with E-state index in [9.17, 15) is 14.9 Å². The van der Waals surface area contributed by atoms with E-state index in [1.54, 1.807) is 11.6 Å². The van der Waals surface area contributed by atoms with Crippen molar-refractivity contribution < 1.29 is 14.5 Å². The largest absolute Gasteiger partial charge is 0.494 e. The zero-order valence-electron chi connectivity index (χ0n) is 13.7. The molecule has 0 spiro atoms. The number of nitro benzene ring substituents is 1. The monoisotopic (exact) mass is 396 g/mol. The number of nitrogens with one attached hydrogen (secondary N) is 1. The van der Waals surface area contributed by atoms with Crippen LogP contribution in [0.1, 0.15) is 24.4 Å². The normalized spacial score (nSPS) is 11.9. The zero-order chi connectivity index (χ0) is 18.0. The van der Waals surface area contributed by atoms with E-state index in [4.69, 9.17) is 4.74 Å². The highest BCUT2D eigenvalue weighted by Gasteiger charge is 2.22. The van der Waals surface area contributed by atoms with Crippen LogP contribution in [0.4, 0.5) is 11.4 Å². The maximum atomic E-state index is 12.5. The second-order valence-electron chi connectivity index (χ2n) is 5.24. The van der Waals surface area contributed by atoms with Crippen LogP contribution in [0.3, 0.4) is 0 Å². The number of carbonyl (C=O) groups excluding carboxylic acids is 1. The Morgan fingerprint density at radius 1 is 1.46 bits per heavy atom. The van der Waals surface area contributed by atoms with Crippen LogP contribution in [0.5, 0.6) is 5.75 Å². The lowest BCUT2D eigenvalue weighted by atomic mass is 10.2. The van der Waals surface area contributed by atoms with Crippen LogP contribution >= 0.6 is 15.9 Å². The number of nitrogens with zero attached hydrogens (tertiary/aromatic N) is 3. The Balaban J connectivity index is 2.25. The second-order valence-corrected chi connectivity index (χ2v) is 6.03. The van der Waals surface area contributed by atoms with Gasteiger partial charge in [0.25, 0.3) is 5.69 Å². The molecule has 0 saturated heterocycles. The van der Waals surface area contributed by atoms with Crippen molar-refractivity contribution >= 4 is 33.2 Å². The van der Waals surface area contributed by atoms with Crippen molar-refractivity contribution in [2.75, 3.05) is 12.4 Å². The predicted molar refractivity (Wildman–Crippen MR) is 92.4 cm³/mol. The van der Waals surface area contributed by atoms with Gasteiger partial charge in [-0.2, -0.15) is 5.10 Å². The highest BCUT2D eigenvalue weighted by molar-refractivity contribution is 9.10. The third kappa shape index (κ3) is 3.40. The van der Waals surface area contributed by atoms with Crippen molar-refractivity contribution in [3.63, 3.8) is 0 Å². The first-order chi connectivity index (χ1) is 11.3. The molecule has 2 rings (SSSR count). The van der Waals surface area contributed by atoms with E-state index in [0.717, 1.165) is 15.9 Å². The van der Waals surface area contributed by atoms with Gasteiger partial charge in [-0.15, -0.1) is 0 Å². The smallest absolute Gasteiger partial charge is 0.273 e. The van der Waals surface area contributed by atoms with Gasteiger partial charge in [-0.25, -0.2) is 0 Å². The fourth-order valence-electron chi connectivity index (χ4n) is 2.26. The molecule has 0 saturated carbocycles. The standard InChI is InChI=1S/C15H17BrN4O4/c1-8-14(16)9(2)19(18-8)10(3)15(21)17-12-6-5-11(20(22)23)7-13(12)24-4/h5-7,10H,1-4H3,(H,17,21). The SMILES string of the molecule is COc1cc([N+](=O)[O-])ccc1NC(=O)C(C)n1nc(C)c(Br)c1C. The molecule has 0 aliphatic rings. The maximum Gasteiger partial charge on any atom is 0.273 e. The molecule has 0 aliphatic heterocycles. The number of rotatable bonds is 5. The van der Waals surface area contributed by atoms with E-state index in [1.165, 1.54) is 25.3 Å². The minimum atomic E-state index is -0.560. The molecule has 128 valence electrons. The number of aromatic nitrogens is 2. The van der Waals surface area contributed by atoms with E-state index in [2.05, 4.69) is 26.3 Å². The van der Waals surface area contributed by atoms with Crippen LogP contribution in [0, 0.1) is 24.0 Å². The summed E-state index contributed by atoms with van der Waals surface area (Å²) in [5.74, 6) is -0.0837. The molecule has 1 aromatic heterocycles. The fourth-order valence-corrected chi connectivity index (χ4v) is 2.53. The molecule has 1 unspecified atom stereocenters. The van der Waals surface area contributed by atoms with Gasteiger partial charge in [0.05, 0.1) is 39.6 Å². The average Bonchev–Trinajstić information content (AvgIpc) is 2.81. The number of ether oxygens (including phenoxy) is 1. The van der Waals surface area contributed by atoms with Crippen molar-refractivity contribution in [3.05, 3.63) is 44.2 Å². The minimum absolute atomic E-state index is 0.111. The lowest BCUT2D eigenvalue weighted by Crippen LogP contribution is -2.25. The van der Waals surface area contributed by atoms with Crippen LogP contribution in [0.15, 0.2) is 22.7 Å². The lowest BCUT2D eigenvalue weighted by molar-refractivity contribution is -0.384. The topological polar surface area (TPSA) is 99.3 Å². The van der Waals surface area contributed by atoms with Gasteiger partial charge < -0.3 is 10.1 Å². The average molecular weight is 397 g/mol. The Hall–Kier alpha value is -2.42. The van der Waals surface area contributed by atoms with E-state index in [0.29, 0.717) is 5.69 Å². The van der Waals surface area contributed by atoms with Crippen molar-refractivity contribution in [1.82, 2.24) is 9.78 Å². The number of nitro groups is 1. The molecular weight excluding hydrogens is 380 g/mol. The summed E-state index contributed by atoms with van der Waals surface area (Å²) in [6.45, 7) is 5.43. The number of non-ortho nitro benzene ring substituents is 1. The summed E-state index contributed by atoms with van der Waals surface area (Å²) in [6.07, 6.45) is 0. The highest BCUT2D eigenvalue weighted by Crippen LogP contribution is 2.30. The summed E-state index contributed by atoms with van der Waals surface area (Å²) >= 11 is 3.43. The quantitative estimate of drug-likeness (QED) is 0.616. The molecule has 8 nitrogen and oxygen atoms in total. The number of benzene rings is 1. The molecule has 2 aromatic rings. The second kappa shape index (κ2) is 7.00. The van der Waals surface area contributed by atoms with Gasteiger partial charge in [-0.3, -0.25) is 19.6 Å². The molecule has 0 fully saturated rings. The van der Waals surface area contributed by atoms with E-state index >= 15 is 0 Å². The van der Waals surface area contributed by atoms with E-state index < -0.39 is 11.0 Å². The van der Waals surface area contributed by atoms with Gasteiger partial charge in [-0.1, -0.05) is 0 Å². The third-order valence-electron chi connectivity index (χ3n) is 3.64. The van der Waals surface area contributed by atoms with Gasteiger partial charge in [0.1, 0.15) is 11.8 Å². The summed E-state index contributed by atoms with van der Waals surface area (Å²) < 4.78 is 7.59. The number of methoxy groups -OCH3 is 1. The van der Waals surface area contributed by atoms with E-state index in [-0.39, 0.29) is 17.3 Å². The lowest BCUT2D eigenvalue weighted by Gasteiger charge is -2.16. The molecular formula is C15H17BrN4O4. The molecule has 1 N–H and O–H groups in total. The van der Waals surface area contributed by atoms with Gasteiger partial charge in [0, 0.05) is 6.07 Å². The maximum absolute atomic E-state index is 12.5. The van der Waals surface area contributed by atoms with Crippen molar-refractivity contribution in [3.8, 4) is 5.75 Å². The Morgan fingerprint density at radius 2 is 2.12 bits per heavy atom. The minimum Gasteiger partial charge on any atom is -0.494 e. The molecule has 9 heteroatoms. The number of aryl methyl sites for hydroxylation is 1. The Bertz CT molecular complexity index is 803. The first-order valence-corrected chi connectivity index (χ1v) is 7.90. The number of hydrogen-bond acceptors (Lipinski definition) is 5. The summed E-state index contributed by atoms with van der Waals surface area (Å²) in [6, 6.07) is 3.46. The molecule has 24 heavy (non-hydrogen) atoms. The van der Waals surface area contributed by atoms with Crippen molar-refractivity contribution in [2.45, 2.75) is 26.8 Å². The van der Waals surface area contributed by atoms with E-state index in [1.807, 2.05) is 13.8 Å². The Kier molecular flexibility index (Phi) is 5.23. The molecule has 1 heterocycles. The Labute approximate surface area is 147 Å². The first kappa shape index (κ1) is 17.9. The third-order valence-corrected chi connectivity index (χ3v) is 4.78. The number of anilines is 1. The van der Waals surface area contributed by atoms with Gasteiger partial charge >= 0.3 is 0 Å². The number of hydrogen-bond donors (Lipinski definition) is 1. The Morgan fingerprint density at radius 3 is 2.62 bits per heavy atom. The van der Waals surface area contributed by atoms with Crippen LogP contribution < -0.4 is 10.1 Å². The molecule has 0 aliphatic carbocycles. The summed E-state index contributed by atoms with van der Waals surface area (Å²) in [7, 11) is 1.39. The summed E-state index contributed by atoms with van der Waals surface area (Å²) in [5.41, 5.74) is 1.88. The first-order valence-electron chi connectivity index (χ1n) is 7.10. The van der Waals surface area contributed by atoms with Crippen LogP contribution in [-0.2, 0) is 4.79 Å².